The van der Waals surface area contributed by atoms with Crippen LogP contribution in [0.1, 0.15) is 23.5 Å². The van der Waals surface area contributed by atoms with E-state index in [4.69, 9.17) is 0 Å². The fourth-order valence-corrected chi connectivity index (χ4v) is 3.09. The molecule has 1 aliphatic rings. The third kappa shape index (κ3) is 3.97. The average molecular weight is 367 g/mol. The fourth-order valence-electron chi connectivity index (χ4n) is 3.09. The van der Waals surface area contributed by atoms with Crippen LogP contribution in [0.2, 0.25) is 0 Å². The maximum atomic E-state index is 12.8. The summed E-state index contributed by atoms with van der Waals surface area (Å²) in [5.41, 5.74) is 0.689. The smallest absolute Gasteiger partial charge is 0.334 e. The fraction of sp³-hybridized carbons (Fsp3) is 0.471. The Morgan fingerprint density at radius 1 is 1.46 bits per heavy atom. The Balaban J connectivity index is 1.60. The number of fused-ring (bicyclic) bond motifs is 1. The van der Waals surface area contributed by atoms with Crippen molar-refractivity contribution in [1.29, 1.82) is 0 Å². The minimum Gasteiger partial charge on any atom is -0.334 e. The van der Waals surface area contributed by atoms with E-state index >= 15 is 0 Å². The van der Waals surface area contributed by atoms with E-state index in [0.717, 1.165) is 11.8 Å². The van der Waals surface area contributed by atoms with Gasteiger partial charge in [0.1, 0.15) is 5.82 Å². The van der Waals surface area contributed by atoms with Crippen molar-refractivity contribution in [2.24, 2.45) is 5.92 Å². The third-order valence-corrected chi connectivity index (χ3v) is 4.52. The quantitative estimate of drug-likeness (QED) is 0.905. The van der Waals surface area contributed by atoms with E-state index < -0.39 is 11.9 Å². The van der Waals surface area contributed by atoms with Gasteiger partial charge in [-0.1, -0.05) is 0 Å². The van der Waals surface area contributed by atoms with Crippen LogP contribution in [0.4, 0.5) is 23.7 Å². The Hall–Kier alpha value is -2.58. The maximum Gasteiger partial charge on any atom is 0.434 e. The second-order valence-corrected chi connectivity index (χ2v) is 6.60. The summed E-state index contributed by atoms with van der Waals surface area (Å²) in [5, 5.41) is 2.82. The number of aromatic nitrogens is 3. The van der Waals surface area contributed by atoms with Gasteiger partial charge in [-0.3, -0.25) is 4.98 Å². The van der Waals surface area contributed by atoms with Gasteiger partial charge in [-0.2, -0.15) is 13.2 Å². The van der Waals surface area contributed by atoms with Gasteiger partial charge < -0.3 is 14.8 Å². The molecule has 2 aromatic rings. The summed E-state index contributed by atoms with van der Waals surface area (Å²) in [6.45, 7) is 2.72. The zero-order valence-corrected chi connectivity index (χ0v) is 14.5. The van der Waals surface area contributed by atoms with Crippen LogP contribution in [0.3, 0.4) is 0 Å². The number of urea groups is 1. The lowest BCUT2D eigenvalue weighted by atomic mass is 9.99. The Kier molecular flexibility index (Phi) is 4.88. The van der Waals surface area contributed by atoms with Crippen LogP contribution >= 0.6 is 0 Å². The molecule has 0 bridgehead atoms. The van der Waals surface area contributed by atoms with Crippen molar-refractivity contribution >= 4 is 11.7 Å². The molecule has 0 radical (unpaired) electrons. The first-order valence-electron chi connectivity index (χ1n) is 8.30. The van der Waals surface area contributed by atoms with Crippen molar-refractivity contribution in [2.45, 2.75) is 32.5 Å². The largest absolute Gasteiger partial charge is 0.434 e. The number of nitrogens with zero attached hydrogens (tertiary/aromatic N) is 4. The first-order chi connectivity index (χ1) is 12.2. The SMILES string of the molecule is Cc1cnccc1NC(=O)N(C)C[C@H]1CCc2nc(C(F)(F)F)cn2C1. The monoisotopic (exact) mass is 367 g/mol. The van der Waals surface area contributed by atoms with Gasteiger partial charge in [-0.15, -0.1) is 0 Å². The number of hydrogen-bond donors (Lipinski definition) is 1. The predicted octanol–water partition coefficient (Wildman–Crippen LogP) is 3.33. The number of pyridine rings is 1. The number of carbonyl (C=O) groups is 1. The second-order valence-electron chi connectivity index (χ2n) is 6.60. The molecule has 2 aromatic heterocycles. The van der Waals surface area contributed by atoms with Gasteiger partial charge in [0, 0.05) is 50.8 Å². The molecule has 0 saturated carbocycles. The van der Waals surface area contributed by atoms with Crippen LogP contribution in [-0.2, 0) is 19.1 Å². The lowest BCUT2D eigenvalue weighted by Gasteiger charge is -2.28. The number of anilines is 1. The van der Waals surface area contributed by atoms with E-state index in [1.807, 2.05) is 6.92 Å². The molecule has 9 heteroatoms. The predicted molar refractivity (Wildman–Crippen MR) is 89.7 cm³/mol. The Morgan fingerprint density at radius 2 is 2.23 bits per heavy atom. The van der Waals surface area contributed by atoms with E-state index in [1.165, 1.54) is 0 Å². The summed E-state index contributed by atoms with van der Waals surface area (Å²) < 4.78 is 39.9. The molecule has 0 spiro atoms. The number of amides is 2. The molecule has 0 aromatic carbocycles. The lowest BCUT2D eigenvalue weighted by molar-refractivity contribution is -0.141. The standard InChI is InChI=1S/C17H20F3N5O/c1-11-7-21-6-5-13(11)22-16(26)24(2)8-12-3-4-15-23-14(17(18,19)20)10-25(15)9-12/h5-7,10,12H,3-4,8-9H2,1-2H3,(H,21,22,26)/t12-/m1/s1. The molecule has 0 aliphatic carbocycles. The maximum absolute atomic E-state index is 12.8. The highest BCUT2D eigenvalue weighted by Crippen LogP contribution is 2.30. The van der Waals surface area contributed by atoms with Crippen LogP contribution in [-0.4, -0.2) is 39.1 Å². The van der Waals surface area contributed by atoms with E-state index in [9.17, 15) is 18.0 Å². The summed E-state index contributed by atoms with van der Waals surface area (Å²) in [6, 6.07) is 1.46. The number of rotatable bonds is 3. The van der Waals surface area contributed by atoms with Gasteiger partial charge in [-0.05, 0) is 30.9 Å². The Bertz CT molecular complexity index is 802. The summed E-state index contributed by atoms with van der Waals surface area (Å²) >= 11 is 0. The van der Waals surface area contributed by atoms with Gasteiger partial charge in [-0.25, -0.2) is 9.78 Å². The van der Waals surface area contributed by atoms with Crippen LogP contribution < -0.4 is 5.32 Å². The van der Waals surface area contributed by atoms with E-state index in [1.54, 1.807) is 35.0 Å². The van der Waals surface area contributed by atoms with Gasteiger partial charge in [0.25, 0.3) is 0 Å². The summed E-state index contributed by atoms with van der Waals surface area (Å²) in [6.07, 6.45) is 1.05. The highest BCUT2D eigenvalue weighted by Gasteiger charge is 2.36. The van der Waals surface area contributed by atoms with Crippen LogP contribution in [0, 0.1) is 12.8 Å². The molecule has 1 aliphatic heterocycles. The minimum absolute atomic E-state index is 0.0760. The molecule has 3 heterocycles. The highest BCUT2D eigenvalue weighted by atomic mass is 19.4. The zero-order valence-electron chi connectivity index (χ0n) is 14.5. The van der Waals surface area contributed by atoms with Crippen LogP contribution in [0.15, 0.2) is 24.7 Å². The minimum atomic E-state index is -4.43. The first-order valence-corrected chi connectivity index (χ1v) is 8.30. The summed E-state index contributed by atoms with van der Waals surface area (Å²) in [5.74, 6) is 0.528. The van der Waals surface area contributed by atoms with Crippen molar-refractivity contribution in [3.8, 4) is 0 Å². The Labute approximate surface area is 149 Å². The van der Waals surface area contributed by atoms with Crippen molar-refractivity contribution < 1.29 is 18.0 Å². The van der Waals surface area contributed by atoms with Crippen molar-refractivity contribution in [3.63, 3.8) is 0 Å². The van der Waals surface area contributed by atoms with E-state index in [0.29, 0.717) is 37.4 Å². The normalized spacial score (nSPS) is 16.9. The van der Waals surface area contributed by atoms with Crippen LogP contribution in [0.25, 0.3) is 0 Å². The van der Waals surface area contributed by atoms with Crippen molar-refractivity contribution in [2.75, 3.05) is 18.9 Å². The number of alkyl halides is 3. The van der Waals surface area contributed by atoms with Crippen molar-refractivity contribution in [3.05, 3.63) is 41.7 Å². The number of hydrogen-bond acceptors (Lipinski definition) is 3. The summed E-state index contributed by atoms with van der Waals surface area (Å²) in [4.78, 5) is 21.6. The van der Waals surface area contributed by atoms with E-state index in [2.05, 4.69) is 15.3 Å². The van der Waals surface area contributed by atoms with Gasteiger partial charge >= 0.3 is 12.2 Å². The molecule has 0 saturated heterocycles. The van der Waals surface area contributed by atoms with E-state index in [-0.39, 0.29) is 11.9 Å². The third-order valence-electron chi connectivity index (χ3n) is 4.52. The number of halogens is 3. The number of carbonyl (C=O) groups excluding carboxylic acids is 1. The number of aryl methyl sites for hydroxylation is 2. The molecule has 0 fully saturated rings. The number of imidazole rings is 1. The molecule has 0 unspecified atom stereocenters. The van der Waals surface area contributed by atoms with Gasteiger partial charge in [0.05, 0.1) is 0 Å². The molecule has 1 atom stereocenters. The molecule has 3 rings (SSSR count). The molecule has 2 amide bonds. The van der Waals surface area contributed by atoms with Crippen molar-refractivity contribution in [1.82, 2.24) is 19.4 Å². The van der Waals surface area contributed by atoms with Gasteiger partial charge in [0.2, 0.25) is 0 Å². The van der Waals surface area contributed by atoms with Gasteiger partial charge in [0.15, 0.2) is 5.69 Å². The molecule has 140 valence electrons. The summed E-state index contributed by atoms with van der Waals surface area (Å²) in [7, 11) is 1.68. The lowest BCUT2D eigenvalue weighted by Crippen LogP contribution is -2.38. The number of nitrogens with one attached hydrogen (secondary N) is 1. The molecular formula is C17H20F3N5O. The molecule has 6 nitrogen and oxygen atoms in total. The topological polar surface area (TPSA) is 63.1 Å². The Morgan fingerprint density at radius 3 is 2.92 bits per heavy atom. The average Bonchev–Trinajstić information content (AvgIpc) is 3.00. The first kappa shape index (κ1) is 18.2. The zero-order chi connectivity index (χ0) is 18.9. The van der Waals surface area contributed by atoms with Crippen LogP contribution in [0.5, 0.6) is 0 Å². The molecule has 26 heavy (non-hydrogen) atoms. The second kappa shape index (κ2) is 6.97. The molecule has 1 N–H and O–H groups in total. The molecular weight excluding hydrogens is 347 g/mol. The highest BCUT2D eigenvalue weighted by molar-refractivity contribution is 5.89.